The number of ether oxygens (including phenoxy) is 2. The number of imidazole rings is 1. The van der Waals surface area contributed by atoms with Crippen LogP contribution in [0.15, 0.2) is 24.5 Å². The summed E-state index contributed by atoms with van der Waals surface area (Å²) in [6.45, 7) is 5.53. The van der Waals surface area contributed by atoms with E-state index < -0.39 is 11.9 Å². The Hall–Kier alpha value is -3.20. The topological polar surface area (TPSA) is 99.0 Å². The number of rotatable bonds is 7. The summed E-state index contributed by atoms with van der Waals surface area (Å²) in [6, 6.07) is 3.88. The van der Waals surface area contributed by atoms with E-state index in [9.17, 15) is 14.4 Å². The second-order valence-corrected chi connectivity index (χ2v) is 9.55. The molecule has 4 rings (SSSR count). The fourth-order valence-corrected chi connectivity index (χ4v) is 5.35. The number of esters is 2. The summed E-state index contributed by atoms with van der Waals surface area (Å²) >= 11 is 1.05. The van der Waals surface area contributed by atoms with Crippen LogP contribution >= 0.6 is 11.3 Å². The van der Waals surface area contributed by atoms with Crippen molar-refractivity contribution in [1.82, 2.24) is 9.38 Å². The van der Waals surface area contributed by atoms with Gasteiger partial charge < -0.3 is 19.2 Å². The van der Waals surface area contributed by atoms with Gasteiger partial charge >= 0.3 is 11.9 Å². The van der Waals surface area contributed by atoms with Crippen LogP contribution < -0.4 is 5.32 Å². The number of amides is 1. The number of hydrogen-bond acceptors (Lipinski definition) is 7. The highest BCUT2D eigenvalue weighted by Gasteiger charge is 2.29. The largest absolute Gasteiger partial charge is 0.462 e. The zero-order valence-electron chi connectivity index (χ0n) is 19.7. The second-order valence-electron chi connectivity index (χ2n) is 8.53. The fourth-order valence-electron chi connectivity index (χ4n) is 4.26. The number of fused-ring (bicyclic) bond motifs is 1. The van der Waals surface area contributed by atoms with Gasteiger partial charge in [-0.15, -0.1) is 11.3 Å². The molecule has 1 amide bonds. The Bertz CT molecular complexity index is 1220. The molecule has 1 aliphatic rings. The summed E-state index contributed by atoms with van der Waals surface area (Å²) in [5.74, 6) is -1.37. The average molecular weight is 484 g/mol. The first-order chi connectivity index (χ1) is 16.4. The van der Waals surface area contributed by atoms with E-state index >= 15 is 0 Å². The van der Waals surface area contributed by atoms with Crippen molar-refractivity contribution in [3.05, 3.63) is 51.8 Å². The molecular formula is C25H29N3O5S. The molecular weight excluding hydrogens is 454 g/mol. The van der Waals surface area contributed by atoms with E-state index in [2.05, 4.69) is 10.3 Å². The van der Waals surface area contributed by atoms with Gasteiger partial charge in [-0.05, 0) is 63.6 Å². The third kappa shape index (κ3) is 5.14. The van der Waals surface area contributed by atoms with Crippen LogP contribution in [0.3, 0.4) is 0 Å². The normalized spacial score (nSPS) is 14.2. The number of carbonyl (C=O) groups excluding carboxylic acids is 3. The number of aryl methyl sites for hydroxylation is 1. The number of pyridine rings is 1. The van der Waals surface area contributed by atoms with Gasteiger partial charge in [-0.1, -0.05) is 12.5 Å². The molecule has 0 spiro atoms. The van der Waals surface area contributed by atoms with E-state index in [1.165, 1.54) is 0 Å². The Labute approximate surface area is 202 Å². The second kappa shape index (κ2) is 10.4. The molecule has 0 unspecified atom stereocenters. The van der Waals surface area contributed by atoms with Crippen molar-refractivity contribution in [3.8, 4) is 0 Å². The molecule has 8 nitrogen and oxygen atoms in total. The monoisotopic (exact) mass is 483 g/mol. The summed E-state index contributed by atoms with van der Waals surface area (Å²) in [6.07, 6.45) is 8.54. The Morgan fingerprint density at radius 3 is 2.65 bits per heavy atom. The third-order valence-corrected chi connectivity index (χ3v) is 7.15. The third-order valence-electron chi connectivity index (χ3n) is 5.96. The standard InChI is InChI=1S/C25H29N3O5S/c1-4-32-24(30)20-16(3)21(25(31)33-18-10-6-5-7-11-18)34-23(20)27-19(29)13-17-14-28-12-8-9-15(2)22(28)26-17/h8-9,12,14,18H,4-7,10-11,13H2,1-3H3,(H,27,29). The summed E-state index contributed by atoms with van der Waals surface area (Å²) in [5.41, 5.74) is 3.06. The van der Waals surface area contributed by atoms with E-state index in [1.807, 2.05) is 29.7 Å². The lowest BCUT2D eigenvalue weighted by atomic mass is 9.98. The first-order valence-corrected chi connectivity index (χ1v) is 12.4. The Morgan fingerprint density at radius 1 is 1.18 bits per heavy atom. The molecule has 0 aliphatic heterocycles. The molecule has 0 radical (unpaired) electrons. The maximum absolute atomic E-state index is 12.9. The highest BCUT2D eigenvalue weighted by Crippen LogP contribution is 2.35. The molecule has 0 aromatic carbocycles. The summed E-state index contributed by atoms with van der Waals surface area (Å²) in [5, 5.41) is 3.09. The number of nitrogens with one attached hydrogen (secondary N) is 1. The maximum Gasteiger partial charge on any atom is 0.348 e. The van der Waals surface area contributed by atoms with Crippen LogP contribution in [0.2, 0.25) is 0 Å². The molecule has 1 N–H and O–H groups in total. The molecule has 0 atom stereocenters. The number of thiophene rings is 1. The summed E-state index contributed by atoms with van der Waals surface area (Å²) in [7, 11) is 0. The van der Waals surface area contributed by atoms with Crippen molar-refractivity contribution in [2.24, 2.45) is 0 Å². The molecule has 3 aromatic rings. The van der Waals surface area contributed by atoms with Crippen LogP contribution in [0.1, 0.15) is 75.9 Å². The minimum Gasteiger partial charge on any atom is -0.462 e. The van der Waals surface area contributed by atoms with Crippen LogP contribution in [0.5, 0.6) is 0 Å². The van der Waals surface area contributed by atoms with Crippen molar-refractivity contribution in [3.63, 3.8) is 0 Å². The van der Waals surface area contributed by atoms with Crippen LogP contribution in [0, 0.1) is 13.8 Å². The molecule has 34 heavy (non-hydrogen) atoms. The zero-order chi connectivity index (χ0) is 24.2. The van der Waals surface area contributed by atoms with Crippen LogP contribution in [-0.4, -0.2) is 39.9 Å². The quantitative estimate of drug-likeness (QED) is 0.482. The molecule has 180 valence electrons. The molecule has 3 heterocycles. The maximum atomic E-state index is 12.9. The number of nitrogens with zero attached hydrogens (tertiary/aromatic N) is 2. The molecule has 9 heteroatoms. The van der Waals surface area contributed by atoms with Crippen molar-refractivity contribution in [1.29, 1.82) is 0 Å². The Kier molecular flexibility index (Phi) is 7.31. The lowest BCUT2D eigenvalue weighted by molar-refractivity contribution is -0.115. The van der Waals surface area contributed by atoms with Gasteiger partial charge in [0.15, 0.2) is 0 Å². The number of carbonyl (C=O) groups is 3. The fraction of sp³-hybridized carbons (Fsp3) is 0.440. The molecule has 1 saturated carbocycles. The average Bonchev–Trinajstić information content (AvgIpc) is 3.35. The van der Waals surface area contributed by atoms with Gasteiger partial charge in [0, 0.05) is 12.4 Å². The van der Waals surface area contributed by atoms with E-state index in [4.69, 9.17) is 9.47 Å². The first kappa shape index (κ1) is 23.9. The minimum absolute atomic E-state index is 0.0299. The van der Waals surface area contributed by atoms with Crippen molar-refractivity contribution in [2.75, 3.05) is 11.9 Å². The Balaban J connectivity index is 1.55. The van der Waals surface area contributed by atoms with E-state index in [1.54, 1.807) is 20.0 Å². The summed E-state index contributed by atoms with van der Waals surface area (Å²) in [4.78, 5) is 43.3. The van der Waals surface area contributed by atoms with Crippen molar-refractivity contribution >= 4 is 39.8 Å². The molecule has 3 aromatic heterocycles. The highest BCUT2D eigenvalue weighted by atomic mass is 32.1. The lowest BCUT2D eigenvalue weighted by Crippen LogP contribution is -2.21. The number of anilines is 1. The predicted octanol–water partition coefficient (Wildman–Crippen LogP) is 4.86. The van der Waals surface area contributed by atoms with Gasteiger partial charge in [-0.3, -0.25) is 4.79 Å². The van der Waals surface area contributed by atoms with E-state index in [0.717, 1.165) is 54.7 Å². The van der Waals surface area contributed by atoms with E-state index in [-0.39, 0.29) is 35.6 Å². The summed E-state index contributed by atoms with van der Waals surface area (Å²) < 4.78 is 12.8. The van der Waals surface area contributed by atoms with E-state index in [0.29, 0.717) is 16.1 Å². The smallest absolute Gasteiger partial charge is 0.348 e. The van der Waals surface area contributed by atoms with Crippen molar-refractivity contribution < 1.29 is 23.9 Å². The van der Waals surface area contributed by atoms with Gasteiger partial charge in [0.2, 0.25) is 5.91 Å². The highest BCUT2D eigenvalue weighted by molar-refractivity contribution is 7.18. The first-order valence-electron chi connectivity index (χ1n) is 11.6. The molecule has 1 fully saturated rings. The molecule has 1 aliphatic carbocycles. The Morgan fingerprint density at radius 2 is 1.94 bits per heavy atom. The zero-order valence-corrected chi connectivity index (χ0v) is 20.5. The SMILES string of the molecule is CCOC(=O)c1c(NC(=O)Cc2cn3cccc(C)c3n2)sc(C(=O)OC2CCCCC2)c1C. The number of aromatic nitrogens is 2. The van der Waals surface area contributed by atoms with Gasteiger partial charge in [-0.2, -0.15) is 0 Å². The predicted molar refractivity (Wildman–Crippen MR) is 130 cm³/mol. The van der Waals surface area contributed by atoms with Gasteiger partial charge in [0.05, 0.1) is 24.3 Å². The van der Waals surface area contributed by atoms with Crippen molar-refractivity contribution in [2.45, 2.75) is 65.4 Å². The van der Waals surface area contributed by atoms with Crippen LogP contribution in [0.25, 0.3) is 5.65 Å². The molecule has 0 saturated heterocycles. The number of hydrogen-bond donors (Lipinski definition) is 1. The van der Waals surface area contributed by atoms with Gasteiger partial charge in [-0.25, -0.2) is 14.6 Å². The minimum atomic E-state index is -0.577. The van der Waals surface area contributed by atoms with Crippen LogP contribution in [0.4, 0.5) is 5.00 Å². The lowest BCUT2D eigenvalue weighted by Gasteiger charge is -2.21. The van der Waals surface area contributed by atoms with Gasteiger partial charge in [0.1, 0.15) is 21.6 Å². The molecule has 0 bridgehead atoms. The van der Waals surface area contributed by atoms with Gasteiger partial charge in [0.25, 0.3) is 0 Å². The van der Waals surface area contributed by atoms with Crippen LogP contribution in [-0.2, 0) is 20.7 Å².